The first-order chi connectivity index (χ1) is 7.71. The summed E-state index contributed by atoms with van der Waals surface area (Å²) < 4.78 is 0. The van der Waals surface area contributed by atoms with Crippen molar-refractivity contribution in [3.05, 3.63) is 16.1 Å². The van der Waals surface area contributed by atoms with Crippen LogP contribution in [0.1, 0.15) is 52.2 Å². The first-order valence-corrected chi connectivity index (χ1v) is 8.10. The van der Waals surface area contributed by atoms with E-state index in [1.807, 2.05) is 11.3 Å². The van der Waals surface area contributed by atoms with E-state index in [9.17, 15) is 0 Å². The minimum Gasteiger partial charge on any atom is -0.246 e. The van der Waals surface area contributed by atoms with E-state index in [1.165, 1.54) is 10.7 Å². The molecule has 17 heavy (non-hydrogen) atoms. The Labute approximate surface area is 118 Å². The molecule has 0 bridgehead atoms. The van der Waals surface area contributed by atoms with Crippen LogP contribution in [0.4, 0.5) is 0 Å². The van der Waals surface area contributed by atoms with Crippen molar-refractivity contribution in [1.29, 1.82) is 0 Å². The van der Waals surface area contributed by atoms with Gasteiger partial charge in [-0.15, -0.1) is 11.3 Å². The van der Waals surface area contributed by atoms with Crippen molar-refractivity contribution in [2.75, 3.05) is 0 Å². The number of alkyl halides is 1. The summed E-state index contributed by atoms with van der Waals surface area (Å²) in [5.41, 5.74) is 1.39. The van der Waals surface area contributed by atoms with Crippen LogP contribution < -0.4 is 0 Å². The number of thiazole rings is 1. The summed E-state index contributed by atoms with van der Waals surface area (Å²) in [6.45, 7) is 13.5. The van der Waals surface area contributed by atoms with Gasteiger partial charge in [-0.05, 0) is 11.8 Å². The van der Waals surface area contributed by atoms with E-state index in [0.29, 0.717) is 16.7 Å². The van der Waals surface area contributed by atoms with Gasteiger partial charge in [-0.25, -0.2) is 4.98 Å². The first kappa shape index (κ1) is 15.2. The van der Waals surface area contributed by atoms with E-state index in [4.69, 9.17) is 4.98 Å². The summed E-state index contributed by atoms with van der Waals surface area (Å²) >= 11 is 5.53. The third kappa shape index (κ3) is 4.36. The van der Waals surface area contributed by atoms with E-state index < -0.39 is 0 Å². The smallest absolute Gasteiger partial charge is 0.0931 e. The summed E-state index contributed by atoms with van der Waals surface area (Å²) in [6.07, 6.45) is 1.09. The van der Waals surface area contributed by atoms with Gasteiger partial charge in [0.15, 0.2) is 0 Å². The van der Waals surface area contributed by atoms with Crippen molar-refractivity contribution < 1.29 is 0 Å². The molecule has 0 saturated carbocycles. The quantitative estimate of drug-likeness (QED) is 0.709. The molecule has 0 fully saturated rings. The SMILES string of the molecule is CC(C)C(Cc1nc(C(C)(C)C)cs1)C(C)Br. The average molecular weight is 318 g/mol. The summed E-state index contributed by atoms with van der Waals surface area (Å²) in [5.74, 6) is 1.35. The maximum absolute atomic E-state index is 4.78. The Morgan fingerprint density at radius 2 is 1.88 bits per heavy atom. The molecule has 0 aliphatic carbocycles. The van der Waals surface area contributed by atoms with Gasteiger partial charge in [-0.1, -0.05) is 57.5 Å². The van der Waals surface area contributed by atoms with Gasteiger partial charge in [0.2, 0.25) is 0 Å². The lowest BCUT2D eigenvalue weighted by molar-refractivity contribution is 0.382. The summed E-state index contributed by atoms with van der Waals surface area (Å²) in [5, 5.41) is 3.49. The minimum absolute atomic E-state index is 0.169. The zero-order chi connectivity index (χ0) is 13.2. The Balaban J connectivity index is 2.78. The Morgan fingerprint density at radius 1 is 1.29 bits per heavy atom. The molecule has 0 aliphatic rings. The lowest BCUT2D eigenvalue weighted by Crippen LogP contribution is -2.20. The van der Waals surface area contributed by atoms with Gasteiger partial charge < -0.3 is 0 Å². The number of hydrogen-bond acceptors (Lipinski definition) is 2. The van der Waals surface area contributed by atoms with E-state index in [0.717, 1.165) is 6.42 Å². The highest BCUT2D eigenvalue weighted by Crippen LogP contribution is 2.29. The van der Waals surface area contributed by atoms with Crippen LogP contribution in [0.3, 0.4) is 0 Å². The number of rotatable bonds is 4. The molecular formula is C14H24BrNS. The molecule has 1 nitrogen and oxygen atoms in total. The lowest BCUT2D eigenvalue weighted by atomic mass is 9.90. The zero-order valence-corrected chi connectivity index (χ0v) is 14.2. The molecule has 0 radical (unpaired) electrons. The number of halogens is 1. The second-order valence-corrected chi connectivity index (χ2v) is 8.55. The maximum Gasteiger partial charge on any atom is 0.0931 e. The Morgan fingerprint density at radius 3 is 2.24 bits per heavy atom. The van der Waals surface area contributed by atoms with Crippen molar-refractivity contribution in [2.45, 2.75) is 58.2 Å². The highest BCUT2D eigenvalue weighted by atomic mass is 79.9. The second kappa shape index (κ2) is 5.83. The van der Waals surface area contributed by atoms with Crippen LogP contribution in [0.15, 0.2) is 5.38 Å². The van der Waals surface area contributed by atoms with Gasteiger partial charge in [0.05, 0.1) is 10.7 Å². The van der Waals surface area contributed by atoms with E-state index in [1.54, 1.807) is 0 Å². The molecule has 3 heteroatoms. The van der Waals surface area contributed by atoms with Gasteiger partial charge in [-0.2, -0.15) is 0 Å². The van der Waals surface area contributed by atoms with Crippen molar-refractivity contribution in [3.8, 4) is 0 Å². The molecule has 0 N–H and O–H groups in total. The molecule has 0 spiro atoms. The lowest BCUT2D eigenvalue weighted by Gasteiger charge is -2.22. The summed E-state index contributed by atoms with van der Waals surface area (Å²) in [4.78, 5) is 5.33. The van der Waals surface area contributed by atoms with Gasteiger partial charge in [0.1, 0.15) is 0 Å². The van der Waals surface area contributed by atoms with Crippen LogP contribution in [0.2, 0.25) is 0 Å². The van der Waals surface area contributed by atoms with Crippen LogP contribution in [0.25, 0.3) is 0 Å². The van der Waals surface area contributed by atoms with Crippen molar-refractivity contribution in [3.63, 3.8) is 0 Å². The maximum atomic E-state index is 4.78. The standard InChI is InChI=1S/C14H24BrNS/c1-9(2)11(10(3)15)7-13-16-12(8-17-13)14(4,5)6/h8-11H,7H2,1-6H3. The van der Waals surface area contributed by atoms with Crippen LogP contribution in [0.5, 0.6) is 0 Å². The van der Waals surface area contributed by atoms with Crippen LogP contribution in [-0.4, -0.2) is 9.81 Å². The predicted octanol–water partition coefficient (Wildman–Crippen LogP) is 5.04. The fraction of sp³-hybridized carbons (Fsp3) is 0.786. The molecule has 1 aromatic heterocycles. The fourth-order valence-corrected chi connectivity index (χ4v) is 3.77. The van der Waals surface area contributed by atoms with Crippen molar-refractivity contribution in [2.24, 2.45) is 11.8 Å². The molecule has 0 aliphatic heterocycles. The zero-order valence-electron chi connectivity index (χ0n) is 11.7. The molecule has 1 rings (SSSR count). The predicted molar refractivity (Wildman–Crippen MR) is 81.2 cm³/mol. The highest BCUT2D eigenvalue weighted by molar-refractivity contribution is 9.09. The van der Waals surface area contributed by atoms with Gasteiger partial charge in [0, 0.05) is 22.0 Å². The monoisotopic (exact) mass is 317 g/mol. The van der Waals surface area contributed by atoms with Crippen molar-refractivity contribution >= 4 is 27.3 Å². The molecule has 0 saturated heterocycles. The number of aromatic nitrogens is 1. The largest absolute Gasteiger partial charge is 0.246 e. The third-order valence-corrected chi connectivity index (χ3v) is 4.73. The number of nitrogens with zero attached hydrogens (tertiary/aromatic N) is 1. The topological polar surface area (TPSA) is 12.9 Å². The Kier molecular flexibility index (Phi) is 5.21. The summed E-state index contributed by atoms with van der Waals surface area (Å²) in [7, 11) is 0. The Bertz CT molecular complexity index is 341. The molecule has 2 atom stereocenters. The van der Waals surface area contributed by atoms with Gasteiger partial charge in [0.25, 0.3) is 0 Å². The molecular weight excluding hydrogens is 294 g/mol. The van der Waals surface area contributed by atoms with Crippen LogP contribution in [0, 0.1) is 11.8 Å². The second-order valence-electron chi connectivity index (χ2n) is 6.17. The van der Waals surface area contributed by atoms with E-state index in [-0.39, 0.29) is 5.41 Å². The van der Waals surface area contributed by atoms with Gasteiger partial charge >= 0.3 is 0 Å². The third-order valence-electron chi connectivity index (χ3n) is 3.18. The van der Waals surface area contributed by atoms with E-state index >= 15 is 0 Å². The van der Waals surface area contributed by atoms with Gasteiger partial charge in [-0.3, -0.25) is 0 Å². The normalized spacial score (nSPS) is 16.2. The summed E-state index contributed by atoms with van der Waals surface area (Å²) in [6, 6.07) is 0. The molecule has 1 aromatic rings. The van der Waals surface area contributed by atoms with E-state index in [2.05, 4.69) is 62.9 Å². The van der Waals surface area contributed by atoms with Crippen LogP contribution >= 0.6 is 27.3 Å². The van der Waals surface area contributed by atoms with Crippen molar-refractivity contribution in [1.82, 2.24) is 4.98 Å². The molecule has 0 aromatic carbocycles. The average Bonchev–Trinajstić information content (AvgIpc) is 2.60. The fourth-order valence-electron chi connectivity index (χ4n) is 1.88. The van der Waals surface area contributed by atoms with Crippen LogP contribution in [-0.2, 0) is 11.8 Å². The number of hydrogen-bond donors (Lipinski definition) is 0. The molecule has 1 heterocycles. The minimum atomic E-state index is 0.169. The molecule has 98 valence electrons. The highest BCUT2D eigenvalue weighted by Gasteiger charge is 2.22. The Hall–Kier alpha value is 0.110. The molecule has 2 unspecified atom stereocenters. The molecule has 0 amide bonds. The first-order valence-electron chi connectivity index (χ1n) is 6.30.